The minimum absolute atomic E-state index is 0.371. The molecule has 1 fully saturated rings. The van der Waals surface area contributed by atoms with Crippen LogP contribution in [0.2, 0.25) is 0 Å². The lowest BCUT2D eigenvalue weighted by atomic mass is 9.73. The minimum atomic E-state index is -0.539. The van der Waals surface area contributed by atoms with E-state index in [9.17, 15) is 5.11 Å². The molecule has 94 valence electrons. The maximum absolute atomic E-state index is 10.7. The molecule has 1 atom stereocenters. The van der Waals surface area contributed by atoms with Crippen molar-refractivity contribution >= 4 is 10.8 Å². The molecule has 18 heavy (non-hydrogen) atoms. The molecule has 1 aliphatic carbocycles. The van der Waals surface area contributed by atoms with Crippen molar-refractivity contribution in [3.8, 4) is 0 Å². The van der Waals surface area contributed by atoms with E-state index in [0.717, 1.165) is 30.2 Å². The van der Waals surface area contributed by atoms with Gasteiger partial charge in [-0.05, 0) is 35.6 Å². The zero-order chi connectivity index (χ0) is 12.6. The first-order valence-electron chi connectivity index (χ1n) is 6.48. The molecule has 1 aliphatic rings. The van der Waals surface area contributed by atoms with E-state index in [0.29, 0.717) is 0 Å². The molecule has 2 aromatic carbocycles. The lowest BCUT2D eigenvalue weighted by molar-refractivity contribution is -0.151. The summed E-state index contributed by atoms with van der Waals surface area (Å²) in [6.07, 6.45) is 2.47. The Morgan fingerprint density at radius 2 is 1.83 bits per heavy atom. The lowest BCUT2D eigenvalue weighted by Crippen LogP contribution is -2.45. The van der Waals surface area contributed by atoms with Gasteiger partial charge in [0.05, 0.1) is 5.60 Å². The summed E-state index contributed by atoms with van der Waals surface area (Å²) < 4.78 is 5.59. The van der Waals surface area contributed by atoms with Crippen LogP contribution in [0.5, 0.6) is 0 Å². The highest BCUT2D eigenvalue weighted by atomic mass is 16.5. The van der Waals surface area contributed by atoms with E-state index >= 15 is 0 Å². The molecule has 2 aromatic rings. The first kappa shape index (κ1) is 11.7. The average molecular weight is 242 g/mol. The number of hydrogen-bond acceptors (Lipinski definition) is 2. The Bertz CT molecular complexity index is 547. The highest BCUT2D eigenvalue weighted by molar-refractivity contribution is 5.86. The molecule has 0 heterocycles. The van der Waals surface area contributed by atoms with Crippen LogP contribution < -0.4 is 0 Å². The van der Waals surface area contributed by atoms with Gasteiger partial charge in [-0.2, -0.15) is 0 Å². The standard InChI is InChI=1S/C16H18O2/c1-18-16(10-5-11-16)15(17)14-9-4-7-12-6-2-3-8-13(12)14/h2-4,6-9,15,17H,5,10-11H2,1H3. The van der Waals surface area contributed by atoms with Gasteiger partial charge in [-0.1, -0.05) is 42.5 Å². The van der Waals surface area contributed by atoms with Crippen LogP contribution in [0.3, 0.4) is 0 Å². The van der Waals surface area contributed by atoms with E-state index in [1.807, 2.05) is 24.3 Å². The molecule has 0 radical (unpaired) electrons. The second kappa shape index (κ2) is 4.38. The van der Waals surface area contributed by atoms with Crippen molar-refractivity contribution in [3.63, 3.8) is 0 Å². The Balaban J connectivity index is 2.09. The molecule has 0 aliphatic heterocycles. The minimum Gasteiger partial charge on any atom is -0.385 e. The molecule has 0 saturated heterocycles. The number of hydrogen-bond donors (Lipinski definition) is 1. The van der Waals surface area contributed by atoms with Crippen LogP contribution in [0, 0.1) is 0 Å². The first-order chi connectivity index (χ1) is 8.77. The maximum atomic E-state index is 10.7. The molecule has 0 bridgehead atoms. The maximum Gasteiger partial charge on any atom is 0.109 e. The van der Waals surface area contributed by atoms with Crippen molar-refractivity contribution in [2.24, 2.45) is 0 Å². The molecule has 2 heteroatoms. The van der Waals surface area contributed by atoms with E-state index in [-0.39, 0.29) is 5.60 Å². The van der Waals surface area contributed by atoms with Crippen LogP contribution in [0.4, 0.5) is 0 Å². The van der Waals surface area contributed by atoms with Gasteiger partial charge in [-0.15, -0.1) is 0 Å². The molecule has 0 aromatic heterocycles. The van der Waals surface area contributed by atoms with E-state index in [4.69, 9.17) is 4.74 Å². The molecule has 0 amide bonds. The lowest BCUT2D eigenvalue weighted by Gasteiger charge is -2.44. The first-order valence-corrected chi connectivity index (χ1v) is 6.48. The van der Waals surface area contributed by atoms with Crippen molar-refractivity contribution in [2.75, 3.05) is 7.11 Å². The fourth-order valence-electron chi connectivity index (χ4n) is 2.89. The second-order valence-corrected chi connectivity index (χ2v) is 5.09. The monoisotopic (exact) mass is 242 g/mol. The van der Waals surface area contributed by atoms with Crippen molar-refractivity contribution in [1.29, 1.82) is 0 Å². The Morgan fingerprint density at radius 1 is 1.11 bits per heavy atom. The Hall–Kier alpha value is -1.38. The fraction of sp³-hybridized carbons (Fsp3) is 0.375. The summed E-state index contributed by atoms with van der Waals surface area (Å²) in [5, 5.41) is 13.0. The summed E-state index contributed by atoms with van der Waals surface area (Å²) in [5.41, 5.74) is 0.610. The average Bonchev–Trinajstić information content (AvgIpc) is 2.37. The third kappa shape index (κ3) is 1.64. The second-order valence-electron chi connectivity index (χ2n) is 5.09. The third-order valence-electron chi connectivity index (χ3n) is 4.22. The normalized spacial score (nSPS) is 19.4. The Labute approximate surface area is 107 Å². The SMILES string of the molecule is COC1(C(O)c2cccc3ccccc23)CCC1. The number of methoxy groups -OCH3 is 1. The molecule has 1 N–H and O–H groups in total. The molecule has 2 nitrogen and oxygen atoms in total. The smallest absolute Gasteiger partial charge is 0.109 e. The number of ether oxygens (including phenoxy) is 1. The van der Waals surface area contributed by atoms with Gasteiger partial charge in [0.2, 0.25) is 0 Å². The van der Waals surface area contributed by atoms with Crippen molar-refractivity contribution < 1.29 is 9.84 Å². The van der Waals surface area contributed by atoms with Gasteiger partial charge in [0.1, 0.15) is 6.10 Å². The number of aliphatic hydroxyl groups is 1. The van der Waals surface area contributed by atoms with E-state index in [1.54, 1.807) is 7.11 Å². The van der Waals surface area contributed by atoms with Gasteiger partial charge in [0, 0.05) is 7.11 Å². The summed E-state index contributed by atoms with van der Waals surface area (Å²) in [4.78, 5) is 0. The largest absolute Gasteiger partial charge is 0.385 e. The van der Waals surface area contributed by atoms with Gasteiger partial charge in [0.25, 0.3) is 0 Å². The summed E-state index contributed by atoms with van der Waals surface area (Å²) in [6, 6.07) is 14.3. The number of aliphatic hydroxyl groups excluding tert-OH is 1. The summed E-state index contributed by atoms with van der Waals surface area (Å²) >= 11 is 0. The van der Waals surface area contributed by atoms with Crippen LogP contribution in [-0.4, -0.2) is 17.8 Å². The van der Waals surface area contributed by atoms with Crippen LogP contribution in [0.25, 0.3) is 10.8 Å². The van der Waals surface area contributed by atoms with Gasteiger partial charge in [-0.3, -0.25) is 0 Å². The number of fused-ring (bicyclic) bond motifs is 1. The van der Waals surface area contributed by atoms with Gasteiger partial charge < -0.3 is 9.84 Å². The zero-order valence-corrected chi connectivity index (χ0v) is 10.6. The van der Waals surface area contributed by atoms with Gasteiger partial charge >= 0.3 is 0 Å². The highest BCUT2D eigenvalue weighted by Gasteiger charge is 2.44. The zero-order valence-electron chi connectivity index (χ0n) is 10.6. The highest BCUT2D eigenvalue weighted by Crippen LogP contribution is 2.46. The molecule has 1 saturated carbocycles. The van der Waals surface area contributed by atoms with Crippen molar-refractivity contribution in [3.05, 3.63) is 48.0 Å². The predicted molar refractivity (Wildman–Crippen MR) is 72.5 cm³/mol. The van der Waals surface area contributed by atoms with E-state index in [2.05, 4.69) is 18.2 Å². The van der Waals surface area contributed by atoms with Gasteiger partial charge in [-0.25, -0.2) is 0 Å². The Kier molecular flexibility index (Phi) is 2.84. The molecular weight excluding hydrogens is 224 g/mol. The van der Waals surface area contributed by atoms with Crippen molar-refractivity contribution in [2.45, 2.75) is 31.0 Å². The van der Waals surface area contributed by atoms with E-state index in [1.165, 1.54) is 5.39 Å². The number of benzene rings is 2. The quantitative estimate of drug-likeness (QED) is 0.893. The van der Waals surface area contributed by atoms with Gasteiger partial charge in [0.15, 0.2) is 0 Å². The van der Waals surface area contributed by atoms with Crippen LogP contribution in [0.1, 0.15) is 30.9 Å². The van der Waals surface area contributed by atoms with Crippen LogP contribution >= 0.6 is 0 Å². The third-order valence-corrected chi connectivity index (χ3v) is 4.22. The summed E-state index contributed by atoms with van der Waals surface area (Å²) in [6.45, 7) is 0. The summed E-state index contributed by atoms with van der Waals surface area (Å²) in [7, 11) is 1.70. The summed E-state index contributed by atoms with van der Waals surface area (Å²) in [5.74, 6) is 0. The molecular formula is C16H18O2. The van der Waals surface area contributed by atoms with Crippen LogP contribution in [0.15, 0.2) is 42.5 Å². The van der Waals surface area contributed by atoms with Crippen molar-refractivity contribution in [1.82, 2.24) is 0 Å². The number of rotatable bonds is 3. The fourth-order valence-corrected chi connectivity index (χ4v) is 2.89. The molecule has 1 unspecified atom stereocenters. The molecule has 0 spiro atoms. The van der Waals surface area contributed by atoms with E-state index < -0.39 is 6.10 Å². The Morgan fingerprint density at radius 3 is 2.50 bits per heavy atom. The van der Waals surface area contributed by atoms with Crippen LogP contribution in [-0.2, 0) is 4.74 Å². The predicted octanol–water partition coefficient (Wildman–Crippen LogP) is 3.44. The topological polar surface area (TPSA) is 29.5 Å². The molecule has 3 rings (SSSR count).